The number of nitrogens with one attached hydrogen (secondary N) is 1. The predicted molar refractivity (Wildman–Crippen MR) is 82.8 cm³/mol. The summed E-state index contributed by atoms with van der Waals surface area (Å²) in [6.07, 6.45) is 7.80. The van der Waals surface area contributed by atoms with Crippen LogP contribution < -0.4 is 5.32 Å². The van der Waals surface area contributed by atoms with Crippen LogP contribution in [0, 0.1) is 22.0 Å². The molecule has 1 N–H and O–H groups in total. The van der Waals surface area contributed by atoms with Crippen LogP contribution in [0.15, 0.2) is 16.7 Å². The summed E-state index contributed by atoms with van der Waals surface area (Å²) in [7, 11) is 0. The summed E-state index contributed by atoms with van der Waals surface area (Å²) in [6.45, 7) is 3.05. The first-order valence-electron chi connectivity index (χ1n) is 7.10. The Balaban J connectivity index is 1.86. The van der Waals surface area contributed by atoms with Crippen LogP contribution in [0.4, 0.5) is 11.5 Å². The van der Waals surface area contributed by atoms with E-state index in [1.54, 1.807) is 6.20 Å². The van der Waals surface area contributed by atoms with Crippen molar-refractivity contribution < 1.29 is 4.92 Å². The Hall–Kier alpha value is -1.17. The lowest BCUT2D eigenvalue weighted by Gasteiger charge is -2.26. The quantitative estimate of drug-likeness (QED) is 0.637. The van der Waals surface area contributed by atoms with Gasteiger partial charge in [-0.05, 0) is 34.2 Å². The van der Waals surface area contributed by atoms with Gasteiger partial charge in [0.15, 0.2) is 0 Å². The van der Waals surface area contributed by atoms with E-state index < -0.39 is 4.92 Å². The molecule has 1 aliphatic carbocycles. The molecule has 0 spiro atoms. The molecule has 5 nitrogen and oxygen atoms in total. The molecule has 0 aromatic carbocycles. The Labute approximate surface area is 127 Å². The minimum atomic E-state index is -0.400. The van der Waals surface area contributed by atoms with Crippen molar-refractivity contribution in [3.05, 3.63) is 26.9 Å². The zero-order valence-electron chi connectivity index (χ0n) is 11.6. The summed E-state index contributed by atoms with van der Waals surface area (Å²) < 4.78 is 0.621. The van der Waals surface area contributed by atoms with Crippen molar-refractivity contribution in [3.63, 3.8) is 0 Å². The van der Waals surface area contributed by atoms with Gasteiger partial charge in [0.1, 0.15) is 0 Å². The van der Waals surface area contributed by atoms with Crippen molar-refractivity contribution in [1.82, 2.24) is 4.98 Å². The Morgan fingerprint density at radius 2 is 2.15 bits per heavy atom. The number of rotatable bonds is 5. The number of pyridine rings is 1. The van der Waals surface area contributed by atoms with E-state index in [0.717, 1.165) is 24.8 Å². The van der Waals surface area contributed by atoms with Crippen LogP contribution in [-0.4, -0.2) is 16.5 Å². The monoisotopic (exact) mass is 341 g/mol. The van der Waals surface area contributed by atoms with Crippen LogP contribution in [0.3, 0.4) is 0 Å². The maximum atomic E-state index is 11.0. The molecule has 1 fully saturated rings. The zero-order chi connectivity index (χ0) is 14.5. The fraction of sp³-hybridized carbons (Fsp3) is 0.643. The first-order chi connectivity index (χ1) is 9.56. The van der Waals surface area contributed by atoms with Gasteiger partial charge in [0, 0.05) is 23.3 Å². The fourth-order valence-corrected chi connectivity index (χ4v) is 3.04. The van der Waals surface area contributed by atoms with Gasteiger partial charge in [-0.15, -0.1) is 0 Å². The third kappa shape index (κ3) is 4.16. The number of aromatic nitrogens is 1. The smallest absolute Gasteiger partial charge is 0.312 e. The zero-order valence-corrected chi connectivity index (χ0v) is 13.2. The molecule has 0 aliphatic heterocycles. The first kappa shape index (κ1) is 15.2. The number of nitrogens with zero attached hydrogens (tertiary/aromatic N) is 2. The van der Waals surface area contributed by atoms with Crippen LogP contribution in [0.2, 0.25) is 0 Å². The van der Waals surface area contributed by atoms with Crippen LogP contribution in [0.5, 0.6) is 0 Å². The number of anilines is 1. The Bertz CT molecular complexity index is 473. The van der Waals surface area contributed by atoms with Crippen LogP contribution in [0.1, 0.15) is 39.0 Å². The van der Waals surface area contributed by atoms with E-state index in [-0.39, 0.29) is 5.69 Å². The fourth-order valence-electron chi connectivity index (χ4n) is 2.72. The molecule has 1 saturated carbocycles. The summed E-state index contributed by atoms with van der Waals surface area (Å²) in [6, 6.07) is 1.48. The molecule has 0 bridgehead atoms. The average molecular weight is 342 g/mol. The molecule has 6 heteroatoms. The van der Waals surface area contributed by atoms with E-state index in [0.29, 0.717) is 10.3 Å². The van der Waals surface area contributed by atoms with Crippen molar-refractivity contribution in [2.75, 3.05) is 11.9 Å². The predicted octanol–water partition coefficient (Wildman–Crippen LogP) is 4.38. The van der Waals surface area contributed by atoms with Gasteiger partial charge in [-0.2, -0.15) is 0 Å². The lowest BCUT2D eigenvalue weighted by atomic mass is 9.81. The van der Waals surface area contributed by atoms with E-state index in [4.69, 9.17) is 0 Å². The molecule has 0 unspecified atom stereocenters. The van der Waals surface area contributed by atoms with Gasteiger partial charge in [0.25, 0.3) is 0 Å². The Kier molecular flexibility index (Phi) is 5.34. The van der Waals surface area contributed by atoms with Gasteiger partial charge in [-0.25, -0.2) is 4.98 Å². The molecular weight excluding hydrogens is 322 g/mol. The van der Waals surface area contributed by atoms with Crippen molar-refractivity contribution in [1.29, 1.82) is 0 Å². The minimum Gasteiger partial charge on any atom is -0.364 e. The van der Waals surface area contributed by atoms with Crippen LogP contribution in [-0.2, 0) is 0 Å². The SMILES string of the molecule is CC1CCC(CCNc2ncc(Br)cc2[N+](=O)[O-])CC1. The molecule has 0 radical (unpaired) electrons. The number of hydrogen-bond acceptors (Lipinski definition) is 4. The van der Waals surface area contributed by atoms with Crippen molar-refractivity contribution in [2.45, 2.75) is 39.0 Å². The maximum Gasteiger partial charge on any atom is 0.312 e. The van der Waals surface area contributed by atoms with Crippen molar-refractivity contribution in [3.8, 4) is 0 Å². The molecule has 0 atom stereocenters. The molecule has 0 saturated heterocycles. The Morgan fingerprint density at radius 3 is 2.80 bits per heavy atom. The lowest BCUT2D eigenvalue weighted by molar-refractivity contribution is -0.384. The normalized spacial score (nSPS) is 22.5. The summed E-state index contributed by atoms with van der Waals surface area (Å²) in [4.78, 5) is 14.7. The summed E-state index contributed by atoms with van der Waals surface area (Å²) in [5.74, 6) is 1.96. The molecular formula is C14H20BrN3O2. The second-order valence-electron chi connectivity index (χ2n) is 5.62. The first-order valence-corrected chi connectivity index (χ1v) is 7.89. The molecule has 20 heavy (non-hydrogen) atoms. The third-order valence-electron chi connectivity index (χ3n) is 4.01. The summed E-state index contributed by atoms with van der Waals surface area (Å²) >= 11 is 3.21. The van der Waals surface area contributed by atoms with Gasteiger partial charge < -0.3 is 5.32 Å². The van der Waals surface area contributed by atoms with E-state index in [1.807, 2.05) is 0 Å². The molecule has 2 rings (SSSR count). The number of hydrogen-bond donors (Lipinski definition) is 1. The molecule has 0 amide bonds. The van der Waals surface area contributed by atoms with E-state index in [2.05, 4.69) is 33.2 Å². The molecule has 1 heterocycles. The van der Waals surface area contributed by atoms with Crippen molar-refractivity contribution >= 4 is 27.4 Å². The topological polar surface area (TPSA) is 68.1 Å². The molecule has 110 valence electrons. The largest absolute Gasteiger partial charge is 0.364 e. The van der Waals surface area contributed by atoms with Crippen LogP contribution in [0.25, 0.3) is 0 Å². The second-order valence-corrected chi connectivity index (χ2v) is 6.54. The van der Waals surface area contributed by atoms with E-state index >= 15 is 0 Å². The van der Waals surface area contributed by atoms with Crippen molar-refractivity contribution in [2.24, 2.45) is 11.8 Å². The maximum absolute atomic E-state index is 11.0. The van der Waals surface area contributed by atoms with Gasteiger partial charge in [0.2, 0.25) is 5.82 Å². The highest BCUT2D eigenvalue weighted by atomic mass is 79.9. The second kappa shape index (κ2) is 7.02. The Morgan fingerprint density at radius 1 is 1.45 bits per heavy atom. The van der Waals surface area contributed by atoms with E-state index in [9.17, 15) is 10.1 Å². The molecule has 1 aromatic heterocycles. The number of nitro groups is 1. The highest BCUT2D eigenvalue weighted by molar-refractivity contribution is 9.10. The van der Waals surface area contributed by atoms with Gasteiger partial charge in [0.05, 0.1) is 4.92 Å². The summed E-state index contributed by atoms with van der Waals surface area (Å²) in [5, 5.41) is 14.1. The van der Waals surface area contributed by atoms with Gasteiger partial charge in [-0.1, -0.05) is 32.6 Å². The molecule has 1 aliphatic rings. The molecule has 1 aromatic rings. The summed E-state index contributed by atoms with van der Waals surface area (Å²) in [5.41, 5.74) is 0.0247. The lowest BCUT2D eigenvalue weighted by Crippen LogP contribution is -2.16. The third-order valence-corrected chi connectivity index (χ3v) is 4.45. The highest BCUT2D eigenvalue weighted by Gasteiger charge is 2.19. The van der Waals surface area contributed by atoms with Crippen LogP contribution >= 0.6 is 15.9 Å². The van der Waals surface area contributed by atoms with E-state index in [1.165, 1.54) is 31.7 Å². The van der Waals surface area contributed by atoms with Gasteiger partial charge in [-0.3, -0.25) is 10.1 Å². The standard InChI is InChI=1S/C14H20BrN3O2/c1-10-2-4-11(5-3-10)6-7-16-14-13(18(19)20)8-12(15)9-17-14/h8-11H,2-7H2,1H3,(H,16,17). The highest BCUT2D eigenvalue weighted by Crippen LogP contribution is 2.31. The minimum absolute atomic E-state index is 0.0247. The average Bonchev–Trinajstić information content (AvgIpc) is 2.42. The number of halogens is 1. The van der Waals surface area contributed by atoms with Gasteiger partial charge >= 0.3 is 5.69 Å².